The van der Waals surface area contributed by atoms with Gasteiger partial charge < -0.3 is 20.3 Å². The highest BCUT2D eigenvalue weighted by Crippen LogP contribution is 2.17. The highest BCUT2D eigenvalue weighted by atomic mass is 16.5. The molecule has 0 spiro atoms. The van der Waals surface area contributed by atoms with Gasteiger partial charge in [-0.3, -0.25) is 14.4 Å². The smallest absolute Gasteiger partial charge is 0.255 e. The Morgan fingerprint density at radius 1 is 0.889 bits per heavy atom. The van der Waals surface area contributed by atoms with Crippen molar-refractivity contribution in [2.45, 2.75) is 6.92 Å². The highest BCUT2D eigenvalue weighted by Gasteiger charge is 2.19. The van der Waals surface area contributed by atoms with Gasteiger partial charge in [-0.1, -0.05) is 12.1 Å². The van der Waals surface area contributed by atoms with Crippen LogP contribution in [0.1, 0.15) is 27.6 Å². The molecule has 1 heterocycles. The van der Waals surface area contributed by atoms with Crippen molar-refractivity contribution in [3.8, 4) is 0 Å². The number of carbonyl (C=O) groups excluding carboxylic acids is 3. The summed E-state index contributed by atoms with van der Waals surface area (Å²) in [5, 5.41) is 5.45. The summed E-state index contributed by atoms with van der Waals surface area (Å²) in [6.45, 7) is 3.56. The van der Waals surface area contributed by atoms with E-state index in [0.29, 0.717) is 48.8 Å². The van der Waals surface area contributed by atoms with E-state index >= 15 is 0 Å². The van der Waals surface area contributed by atoms with Crippen LogP contribution in [-0.4, -0.2) is 48.9 Å². The molecule has 0 unspecified atom stereocenters. The zero-order valence-electron chi connectivity index (χ0n) is 15.0. The van der Waals surface area contributed by atoms with Crippen LogP contribution in [0.4, 0.5) is 11.4 Å². The van der Waals surface area contributed by atoms with Gasteiger partial charge in [0.25, 0.3) is 11.8 Å². The van der Waals surface area contributed by atoms with E-state index in [1.165, 1.54) is 6.92 Å². The minimum atomic E-state index is -0.327. The van der Waals surface area contributed by atoms with E-state index in [2.05, 4.69) is 10.6 Å². The van der Waals surface area contributed by atoms with Gasteiger partial charge >= 0.3 is 0 Å². The first-order chi connectivity index (χ1) is 13.0. The lowest BCUT2D eigenvalue weighted by Gasteiger charge is -2.27. The molecule has 1 aliphatic rings. The zero-order chi connectivity index (χ0) is 19.2. The number of nitrogens with one attached hydrogen (secondary N) is 2. The zero-order valence-corrected chi connectivity index (χ0v) is 15.0. The van der Waals surface area contributed by atoms with Gasteiger partial charge in [0.05, 0.1) is 13.2 Å². The monoisotopic (exact) mass is 367 g/mol. The lowest BCUT2D eigenvalue weighted by Crippen LogP contribution is -2.40. The van der Waals surface area contributed by atoms with Gasteiger partial charge in [0.2, 0.25) is 5.91 Å². The van der Waals surface area contributed by atoms with Crippen molar-refractivity contribution < 1.29 is 19.1 Å². The predicted octanol–water partition coefficient (Wildman–Crippen LogP) is 2.37. The molecule has 0 radical (unpaired) electrons. The molecule has 2 aromatic carbocycles. The predicted molar refractivity (Wildman–Crippen MR) is 102 cm³/mol. The molecular formula is C20H21N3O4. The molecule has 7 heteroatoms. The van der Waals surface area contributed by atoms with Gasteiger partial charge in [-0.2, -0.15) is 0 Å². The molecule has 0 bridgehead atoms. The normalized spacial score (nSPS) is 13.7. The highest BCUT2D eigenvalue weighted by molar-refractivity contribution is 6.06. The second-order valence-corrected chi connectivity index (χ2v) is 6.20. The van der Waals surface area contributed by atoms with Gasteiger partial charge in [0.1, 0.15) is 0 Å². The Morgan fingerprint density at radius 3 is 2.22 bits per heavy atom. The lowest BCUT2D eigenvalue weighted by atomic mass is 10.1. The first kappa shape index (κ1) is 18.6. The fourth-order valence-corrected chi connectivity index (χ4v) is 2.82. The van der Waals surface area contributed by atoms with Crippen LogP contribution in [0.15, 0.2) is 48.5 Å². The molecule has 1 saturated heterocycles. The second kappa shape index (κ2) is 8.46. The second-order valence-electron chi connectivity index (χ2n) is 6.20. The standard InChI is InChI=1S/C20H21N3O4/c1-14(24)21-17-6-3-7-18(13-17)22-19(25)15-4-2-5-16(12-15)20(26)23-8-10-27-11-9-23/h2-7,12-13H,8-11H2,1H3,(H,21,24)(H,22,25). The minimum absolute atomic E-state index is 0.111. The first-order valence-corrected chi connectivity index (χ1v) is 8.69. The van der Waals surface area contributed by atoms with E-state index in [0.717, 1.165) is 0 Å². The number of hydrogen-bond acceptors (Lipinski definition) is 4. The Bertz CT molecular complexity index is 860. The molecule has 0 aromatic heterocycles. The Kier molecular flexibility index (Phi) is 5.83. The molecule has 2 aromatic rings. The number of benzene rings is 2. The number of rotatable bonds is 4. The summed E-state index contributed by atoms with van der Waals surface area (Å²) >= 11 is 0. The van der Waals surface area contributed by atoms with E-state index < -0.39 is 0 Å². The van der Waals surface area contributed by atoms with Crippen molar-refractivity contribution in [3.63, 3.8) is 0 Å². The number of carbonyl (C=O) groups is 3. The van der Waals surface area contributed by atoms with Gasteiger partial charge in [-0.15, -0.1) is 0 Å². The Morgan fingerprint density at radius 2 is 1.52 bits per heavy atom. The van der Waals surface area contributed by atoms with E-state index in [1.54, 1.807) is 53.4 Å². The SMILES string of the molecule is CC(=O)Nc1cccc(NC(=O)c2cccc(C(=O)N3CCOCC3)c2)c1. The maximum atomic E-state index is 12.6. The number of anilines is 2. The maximum Gasteiger partial charge on any atom is 0.255 e. The molecule has 0 saturated carbocycles. The van der Waals surface area contributed by atoms with Gasteiger partial charge in [0, 0.05) is 42.5 Å². The molecule has 27 heavy (non-hydrogen) atoms. The largest absolute Gasteiger partial charge is 0.378 e. The fourth-order valence-electron chi connectivity index (χ4n) is 2.82. The Hall–Kier alpha value is -3.19. The number of morpholine rings is 1. The summed E-state index contributed by atoms with van der Waals surface area (Å²) in [4.78, 5) is 38.0. The van der Waals surface area contributed by atoms with Crippen molar-refractivity contribution in [2.75, 3.05) is 36.9 Å². The van der Waals surface area contributed by atoms with E-state index in [4.69, 9.17) is 4.74 Å². The average molecular weight is 367 g/mol. The number of amides is 3. The lowest BCUT2D eigenvalue weighted by molar-refractivity contribution is -0.114. The van der Waals surface area contributed by atoms with Gasteiger partial charge in [0.15, 0.2) is 0 Å². The molecular weight excluding hydrogens is 346 g/mol. The molecule has 3 rings (SSSR count). The van der Waals surface area contributed by atoms with Crippen molar-refractivity contribution in [1.29, 1.82) is 0 Å². The molecule has 140 valence electrons. The van der Waals surface area contributed by atoms with Crippen LogP contribution in [0, 0.1) is 0 Å². The third kappa shape index (κ3) is 4.92. The third-order valence-electron chi connectivity index (χ3n) is 4.11. The summed E-state index contributed by atoms with van der Waals surface area (Å²) in [5.74, 6) is -0.625. The quantitative estimate of drug-likeness (QED) is 0.868. The fraction of sp³-hybridized carbons (Fsp3) is 0.250. The van der Waals surface area contributed by atoms with Crippen LogP contribution in [0.2, 0.25) is 0 Å². The molecule has 0 aliphatic carbocycles. The molecule has 0 atom stereocenters. The Balaban J connectivity index is 1.72. The summed E-state index contributed by atoms with van der Waals surface area (Å²) in [6.07, 6.45) is 0. The van der Waals surface area contributed by atoms with Crippen molar-refractivity contribution in [2.24, 2.45) is 0 Å². The minimum Gasteiger partial charge on any atom is -0.378 e. The van der Waals surface area contributed by atoms with Gasteiger partial charge in [-0.05, 0) is 36.4 Å². The number of nitrogens with zero attached hydrogens (tertiary/aromatic N) is 1. The van der Waals surface area contributed by atoms with E-state index in [-0.39, 0.29) is 17.7 Å². The number of ether oxygens (including phenoxy) is 1. The van der Waals surface area contributed by atoms with Crippen LogP contribution in [0.25, 0.3) is 0 Å². The van der Waals surface area contributed by atoms with Crippen molar-refractivity contribution in [3.05, 3.63) is 59.7 Å². The van der Waals surface area contributed by atoms with Crippen LogP contribution in [0.3, 0.4) is 0 Å². The summed E-state index contributed by atoms with van der Waals surface area (Å²) in [7, 11) is 0. The molecule has 7 nitrogen and oxygen atoms in total. The van der Waals surface area contributed by atoms with E-state index in [1.807, 2.05) is 0 Å². The maximum absolute atomic E-state index is 12.6. The van der Waals surface area contributed by atoms with Crippen LogP contribution < -0.4 is 10.6 Å². The van der Waals surface area contributed by atoms with E-state index in [9.17, 15) is 14.4 Å². The summed E-state index contributed by atoms with van der Waals surface area (Å²) < 4.78 is 5.26. The topological polar surface area (TPSA) is 87.7 Å². The van der Waals surface area contributed by atoms with Crippen LogP contribution in [0.5, 0.6) is 0 Å². The first-order valence-electron chi connectivity index (χ1n) is 8.69. The van der Waals surface area contributed by atoms with Crippen molar-refractivity contribution in [1.82, 2.24) is 4.90 Å². The van der Waals surface area contributed by atoms with Crippen LogP contribution >= 0.6 is 0 Å². The third-order valence-corrected chi connectivity index (χ3v) is 4.11. The summed E-state index contributed by atoms with van der Waals surface area (Å²) in [5.41, 5.74) is 2.00. The number of hydrogen-bond donors (Lipinski definition) is 2. The Labute approximate surface area is 157 Å². The average Bonchev–Trinajstić information content (AvgIpc) is 2.68. The van der Waals surface area contributed by atoms with Crippen molar-refractivity contribution >= 4 is 29.1 Å². The van der Waals surface area contributed by atoms with Gasteiger partial charge in [-0.25, -0.2) is 0 Å². The molecule has 1 aliphatic heterocycles. The van der Waals surface area contributed by atoms with Crippen LogP contribution in [-0.2, 0) is 9.53 Å². The molecule has 2 N–H and O–H groups in total. The summed E-state index contributed by atoms with van der Waals surface area (Å²) in [6, 6.07) is 13.5. The molecule has 3 amide bonds. The molecule has 1 fully saturated rings.